The van der Waals surface area contributed by atoms with Gasteiger partial charge in [0.2, 0.25) is 0 Å². The maximum Gasteiger partial charge on any atom is 0.261 e. The largest absolute Gasteiger partial charge is 0.273 e. The van der Waals surface area contributed by atoms with Gasteiger partial charge in [0.15, 0.2) is 0 Å². The van der Waals surface area contributed by atoms with E-state index in [2.05, 4.69) is 28.2 Å². The lowest BCUT2D eigenvalue weighted by molar-refractivity contribution is 0.0664. The Balaban J connectivity index is 1.34. The highest BCUT2D eigenvalue weighted by atomic mass is 32.2. The number of carbonyl (C=O) groups excluding carboxylic acids is 2. The Bertz CT molecular complexity index is 1200. The Labute approximate surface area is 175 Å². The van der Waals surface area contributed by atoms with E-state index in [4.69, 9.17) is 0 Å². The molecule has 2 amide bonds. The predicted molar refractivity (Wildman–Crippen MR) is 115 cm³/mol. The zero-order valence-corrected chi connectivity index (χ0v) is 16.9. The number of nitrogens with zero attached hydrogens (tertiary/aromatic N) is 3. The maximum absolute atomic E-state index is 12.5. The maximum atomic E-state index is 12.5. The zero-order chi connectivity index (χ0) is 19.8. The van der Waals surface area contributed by atoms with Gasteiger partial charge in [0, 0.05) is 22.6 Å². The summed E-state index contributed by atoms with van der Waals surface area (Å²) in [6, 6.07) is 19.3. The summed E-state index contributed by atoms with van der Waals surface area (Å²) in [6.07, 6.45) is 1.57. The molecule has 7 heteroatoms. The SMILES string of the molecule is O=C1c2ccccc2C(=O)N1CCSc1ncnc2sc(-c3ccccc3)cc12. The highest BCUT2D eigenvalue weighted by Crippen LogP contribution is 2.36. The molecule has 2 aromatic heterocycles. The van der Waals surface area contributed by atoms with Crippen molar-refractivity contribution in [2.24, 2.45) is 0 Å². The number of hydrogen-bond donors (Lipinski definition) is 0. The van der Waals surface area contributed by atoms with Crippen LogP contribution in [0.4, 0.5) is 0 Å². The number of benzene rings is 2. The molecule has 2 aromatic carbocycles. The van der Waals surface area contributed by atoms with E-state index in [-0.39, 0.29) is 11.8 Å². The number of thioether (sulfide) groups is 1. The van der Waals surface area contributed by atoms with Crippen molar-refractivity contribution in [3.05, 3.63) is 78.1 Å². The molecule has 29 heavy (non-hydrogen) atoms. The monoisotopic (exact) mass is 417 g/mol. The quantitative estimate of drug-likeness (QED) is 0.266. The van der Waals surface area contributed by atoms with Crippen LogP contribution in [0.3, 0.4) is 0 Å². The van der Waals surface area contributed by atoms with Gasteiger partial charge in [-0.3, -0.25) is 14.5 Å². The molecule has 0 fully saturated rings. The lowest BCUT2D eigenvalue weighted by Gasteiger charge is -2.13. The van der Waals surface area contributed by atoms with Gasteiger partial charge in [-0.1, -0.05) is 42.5 Å². The van der Waals surface area contributed by atoms with Gasteiger partial charge in [-0.05, 0) is 23.8 Å². The van der Waals surface area contributed by atoms with Crippen LogP contribution in [0.5, 0.6) is 0 Å². The molecule has 142 valence electrons. The molecule has 5 nitrogen and oxygen atoms in total. The van der Waals surface area contributed by atoms with Crippen molar-refractivity contribution < 1.29 is 9.59 Å². The number of fused-ring (bicyclic) bond motifs is 2. The van der Waals surface area contributed by atoms with Gasteiger partial charge in [0.05, 0.1) is 11.1 Å². The van der Waals surface area contributed by atoms with Crippen molar-refractivity contribution in [2.75, 3.05) is 12.3 Å². The van der Waals surface area contributed by atoms with Crippen LogP contribution in [0.15, 0.2) is 72.0 Å². The topological polar surface area (TPSA) is 63.2 Å². The third-order valence-corrected chi connectivity index (χ3v) is 6.86. The highest BCUT2D eigenvalue weighted by molar-refractivity contribution is 7.99. The fourth-order valence-electron chi connectivity index (χ4n) is 3.37. The first kappa shape index (κ1) is 18.0. The molecule has 0 radical (unpaired) electrons. The van der Waals surface area contributed by atoms with Crippen LogP contribution in [0.1, 0.15) is 20.7 Å². The van der Waals surface area contributed by atoms with Crippen molar-refractivity contribution >= 4 is 45.1 Å². The van der Waals surface area contributed by atoms with E-state index in [0.717, 1.165) is 25.7 Å². The first-order chi connectivity index (χ1) is 14.2. The fourth-order valence-corrected chi connectivity index (χ4v) is 5.34. The fraction of sp³-hybridized carbons (Fsp3) is 0.0909. The molecule has 4 aromatic rings. The summed E-state index contributed by atoms with van der Waals surface area (Å²) in [5.41, 5.74) is 2.12. The van der Waals surface area contributed by atoms with Gasteiger partial charge in [0.25, 0.3) is 11.8 Å². The van der Waals surface area contributed by atoms with Gasteiger partial charge in [-0.15, -0.1) is 23.1 Å². The molecule has 3 heterocycles. The molecule has 0 saturated carbocycles. The summed E-state index contributed by atoms with van der Waals surface area (Å²) in [7, 11) is 0. The Morgan fingerprint density at radius 2 is 1.59 bits per heavy atom. The van der Waals surface area contributed by atoms with Crippen molar-refractivity contribution in [2.45, 2.75) is 5.03 Å². The Hall–Kier alpha value is -3.03. The Morgan fingerprint density at radius 3 is 2.31 bits per heavy atom. The first-order valence-corrected chi connectivity index (χ1v) is 10.9. The summed E-state index contributed by atoms with van der Waals surface area (Å²) in [4.78, 5) is 37.2. The molecular formula is C22H15N3O2S2. The van der Waals surface area contributed by atoms with Gasteiger partial charge < -0.3 is 0 Å². The summed E-state index contributed by atoms with van der Waals surface area (Å²) < 4.78 is 0. The number of amides is 2. The van der Waals surface area contributed by atoms with Crippen LogP contribution in [0.2, 0.25) is 0 Å². The summed E-state index contributed by atoms with van der Waals surface area (Å²) in [5.74, 6) is 0.135. The van der Waals surface area contributed by atoms with Crippen molar-refractivity contribution in [3.8, 4) is 10.4 Å². The third kappa shape index (κ3) is 3.22. The summed E-state index contributed by atoms with van der Waals surface area (Å²) in [6.45, 7) is 0.345. The first-order valence-electron chi connectivity index (χ1n) is 9.10. The number of aromatic nitrogens is 2. The number of thiophene rings is 1. The average Bonchev–Trinajstić information content (AvgIpc) is 3.30. The van der Waals surface area contributed by atoms with Gasteiger partial charge >= 0.3 is 0 Å². The van der Waals surface area contributed by atoms with Crippen LogP contribution in [-0.2, 0) is 0 Å². The molecule has 1 aliphatic heterocycles. The van der Waals surface area contributed by atoms with Crippen molar-refractivity contribution in [1.29, 1.82) is 0 Å². The number of rotatable bonds is 5. The normalized spacial score (nSPS) is 13.3. The molecule has 0 saturated heterocycles. The summed E-state index contributed by atoms with van der Waals surface area (Å²) >= 11 is 3.17. The van der Waals surface area contributed by atoms with Crippen LogP contribution >= 0.6 is 23.1 Å². The molecule has 0 atom stereocenters. The second kappa shape index (κ2) is 7.42. The van der Waals surface area contributed by atoms with Crippen LogP contribution in [0.25, 0.3) is 20.7 Å². The minimum atomic E-state index is -0.221. The van der Waals surface area contributed by atoms with Crippen LogP contribution in [0, 0.1) is 0 Å². The van der Waals surface area contributed by atoms with Gasteiger partial charge in [-0.25, -0.2) is 9.97 Å². The van der Waals surface area contributed by atoms with Crippen LogP contribution < -0.4 is 0 Å². The molecule has 0 spiro atoms. The van der Waals surface area contributed by atoms with E-state index in [9.17, 15) is 9.59 Å². The molecule has 1 aliphatic rings. The van der Waals surface area contributed by atoms with E-state index in [0.29, 0.717) is 23.4 Å². The van der Waals surface area contributed by atoms with Crippen LogP contribution in [-0.4, -0.2) is 39.0 Å². The van der Waals surface area contributed by atoms with E-state index in [1.54, 1.807) is 41.9 Å². The van der Waals surface area contributed by atoms with Gasteiger partial charge in [0.1, 0.15) is 16.2 Å². The number of imide groups is 1. The molecular weight excluding hydrogens is 402 g/mol. The van der Waals surface area contributed by atoms with E-state index < -0.39 is 0 Å². The molecule has 0 aliphatic carbocycles. The Morgan fingerprint density at radius 1 is 0.897 bits per heavy atom. The average molecular weight is 418 g/mol. The second-order valence-electron chi connectivity index (χ2n) is 6.53. The standard InChI is InChI=1S/C22H15N3O2S2/c26-21-15-8-4-5-9-16(15)22(27)25(21)10-11-28-19-17-12-18(14-6-2-1-3-7-14)29-20(17)24-13-23-19/h1-9,12-13H,10-11H2. The van der Waals surface area contributed by atoms with Crippen molar-refractivity contribution in [3.63, 3.8) is 0 Å². The lowest BCUT2D eigenvalue weighted by atomic mass is 10.1. The highest BCUT2D eigenvalue weighted by Gasteiger charge is 2.34. The third-order valence-electron chi connectivity index (χ3n) is 4.78. The molecule has 0 unspecified atom stereocenters. The Kier molecular flexibility index (Phi) is 4.61. The minimum absolute atomic E-state index is 0.221. The van der Waals surface area contributed by atoms with E-state index in [1.165, 1.54) is 16.7 Å². The van der Waals surface area contributed by atoms with E-state index >= 15 is 0 Å². The predicted octanol–water partition coefficient (Wildman–Crippen LogP) is 4.75. The molecule has 0 N–H and O–H groups in total. The molecule has 0 bridgehead atoms. The second-order valence-corrected chi connectivity index (χ2v) is 8.64. The van der Waals surface area contributed by atoms with Crippen molar-refractivity contribution in [1.82, 2.24) is 14.9 Å². The minimum Gasteiger partial charge on any atom is -0.273 e. The molecule has 5 rings (SSSR count). The lowest BCUT2D eigenvalue weighted by Crippen LogP contribution is -2.31. The van der Waals surface area contributed by atoms with E-state index in [1.807, 2.05) is 18.2 Å². The summed E-state index contributed by atoms with van der Waals surface area (Å²) in [5, 5.41) is 1.87. The zero-order valence-electron chi connectivity index (χ0n) is 15.2. The number of hydrogen-bond acceptors (Lipinski definition) is 6. The smallest absolute Gasteiger partial charge is 0.261 e. The number of carbonyl (C=O) groups is 2. The van der Waals surface area contributed by atoms with Gasteiger partial charge in [-0.2, -0.15) is 0 Å².